The Hall–Kier alpha value is -0.100. The molecule has 0 aliphatic carbocycles. The van der Waals surface area contributed by atoms with Crippen molar-refractivity contribution in [2.75, 3.05) is 14.1 Å². The van der Waals surface area contributed by atoms with Crippen molar-refractivity contribution >= 4 is 14.9 Å². The second-order valence-electron chi connectivity index (χ2n) is 1.23. The van der Waals surface area contributed by atoms with E-state index in [2.05, 4.69) is 9.24 Å². The van der Waals surface area contributed by atoms with Crippen molar-refractivity contribution in [3.63, 3.8) is 0 Å². The van der Waals surface area contributed by atoms with Gasteiger partial charge in [0.1, 0.15) is 0 Å². The van der Waals surface area contributed by atoms with Crippen LogP contribution in [-0.2, 0) is 0 Å². The van der Waals surface area contributed by atoms with Crippen LogP contribution in [0.4, 0.5) is 4.79 Å². The second-order valence-corrected chi connectivity index (χ2v) is 1.73. The summed E-state index contributed by atoms with van der Waals surface area (Å²) < 4.78 is 0. The Bertz CT molecular complexity index is 63.4. The standard InChI is InChI=1S/C3H8NOP.C2H6/c1-4(2)3(5)6;1-2/h6H2,1-2H3;1-2H3. The largest absolute Gasteiger partial charge is 0.346 e. The van der Waals surface area contributed by atoms with Crippen LogP contribution in [0.15, 0.2) is 0 Å². The zero-order valence-corrected chi connectivity index (χ0v) is 7.09. The predicted molar refractivity (Wildman–Crippen MR) is 40.1 cm³/mol. The van der Waals surface area contributed by atoms with Crippen molar-refractivity contribution in [2.45, 2.75) is 13.8 Å². The van der Waals surface area contributed by atoms with E-state index in [1.807, 2.05) is 13.8 Å². The first kappa shape index (κ1) is 10.8. The molecular formula is C5H14NOP. The third-order valence-corrected chi connectivity index (χ3v) is 0.957. The minimum absolute atomic E-state index is 0.00926. The molecule has 2 nitrogen and oxygen atoms in total. The SMILES string of the molecule is CC.CN(C)C(=O)P. The van der Waals surface area contributed by atoms with E-state index in [-0.39, 0.29) is 5.65 Å². The summed E-state index contributed by atoms with van der Waals surface area (Å²) in [7, 11) is 5.47. The molecule has 0 fully saturated rings. The third-order valence-electron chi connectivity index (χ3n) is 0.441. The monoisotopic (exact) mass is 135 g/mol. The zero-order chi connectivity index (χ0) is 7.15. The molecule has 0 rings (SSSR count). The van der Waals surface area contributed by atoms with E-state index >= 15 is 0 Å². The average Bonchev–Trinajstić information content (AvgIpc) is 1.72. The van der Waals surface area contributed by atoms with Crippen LogP contribution in [-0.4, -0.2) is 24.6 Å². The van der Waals surface area contributed by atoms with Gasteiger partial charge in [-0.05, 0) is 9.24 Å². The normalized spacial score (nSPS) is 6.62. The molecule has 0 spiro atoms. The van der Waals surface area contributed by atoms with E-state index < -0.39 is 0 Å². The molecule has 0 N–H and O–H groups in total. The van der Waals surface area contributed by atoms with E-state index in [0.717, 1.165) is 0 Å². The van der Waals surface area contributed by atoms with Crippen molar-refractivity contribution in [1.82, 2.24) is 4.90 Å². The fourth-order valence-corrected chi connectivity index (χ4v) is 0. The van der Waals surface area contributed by atoms with Gasteiger partial charge < -0.3 is 4.90 Å². The number of hydrogen-bond acceptors (Lipinski definition) is 1. The van der Waals surface area contributed by atoms with E-state index in [1.54, 1.807) is 14.1 Å². The van der Waals surface area contributed by atoms with Crippen molar-refractivity contribution in [3.05, 3.63) is 0 Å². The predicted octanol–water partition coefficient (Wildman–Crippen LogP) is 1.57. The summed E-state index contributed by atoms with van der Waals surface area (Å²) >= 11 is 0. The maximum absolute atomic E-state index is 10.0. The van der Waals surface area contributed by atoms with Crippen LogP contribution in [0, 0.1) is 0 Å². The van der Waals surface area contributed by atoms with Gasteiger partial charge in [0, 0.05) is 14.1 Å². The van der Waals surface area contributed by atoms with Gasteiger partial charge in [-0.3, -0.25) is 4.79 Å². The van der Waals surface area contributed by atoms with Crippen LogP contribution >= 0.6 is 9.24 Å². The van der Waals surface area contributed by atoms with Crippen molar-refractivity contribution < 1.29 is 4.79 Å². The molecular weight excluding hydrogens is 121 g/mol. The second kappa shape index (κ2) is 6.90. The molecule has 0 aliphatic rings. The first-order valence-electron chi connectivity index (χ1n) is 2.61. The Morgan fingerprint density at radius 1 is 1.38 bits per heavy atom. The van der Waals surface area contributed by atoms with Crippen molar-refractivity contribution in [3.8, 4) is 0 Å². The summed E-state index contributed by atoms with van der Waals surface area (Å²) in [5, 5.41) is 0. The summed E-state index contributed by atoms with van der Waals surface area (Å²) in [6.07, 6.45) is 0. The van der Waals surface area contributed by atoms with Gasteiger partial charge in [-0.15, -0.1) is 0 Å². The van der Waals surface area contributed by atoms with E-state index in [0.29, 0.717) is 0 Å². The van der Waals surface area contributed by atoms with Gasteiger partial charge in [-0.1, -0.05) is 13.8 Å². The Morgan fingerprint density at radius 3 is 1.50 bits per heavy atom. The minimum Gasteiger partial charge on any atom is -0.346 e. The molecule has 0 saturated heterocycles. The lowest BCUT2D eigenvalue weighted by Crippen LogP contribution is -2.12. The molecule has 0 aliphatic heterocycles. The fourth-order valence-electron chi connectivity index (χ4n) is 0. The quantitative estimate of drug-likeness (QED) is 0.462. The third kappa shape index (κ3) is 9.31. The highest BCUT2D eigenvalue weighted by Crippen LogP contribution is 1.88. The van der Waals surface area contributed by atoms with Gasteiger partial charge in [0.2, 0.25) is 5.65 Å². The molecule has 1 atom stereocenters. The highest BCUT2D eigenvalue weighted by molar-refractivity contribution is 7.39. The number of carbonyl (C=O) groups is 1. The topological polar surface area (TPSA) is 20.3 Å². The molecule has 0 aromatic heterocycles. The van der Waals surface area contributed by atoms with Gasteiger partial charge in [0.15, 0.2) is 0 Å². The Kier molecular flexibility index (Phi) is 9.32. The van der Waals surface area contributed by atoms with Crippen molar-refractivity contribution in [1.29, 1.82) is 0 Å². The summed E-state index contributed by atoms with van der Waals surface area (Å²) in [4.78, 5) is 11.5. The Balaban J connectivity index is 0. The lowest BCUT2D eigenvalue weighted by atomic mass is 11.0. The highest BCUT2D eigenvalue weighted by atomic mass is 31.0. The molecule has 1 unspecified atom stereocenters. The number of nitrogens with zero attached hydrogens (tertiary/aromatic N) is 1. The molecule has 3 heteroatoms. The maximum atomic E-state index is 10.0. The Morgan fingerprint density at radius 2 is 1.50 bits per heavy atom. The first-order valence-corrected chi connectivity index (χ1v) is 3.19. The van der Waals surface area contributed by atoms with E-state index in [4.69, 9.17) is 0 Å². The molecule has 0 bridgehead atoms. The molecule has 0 saturated carbocycles. The molecule has 0 radical (unpaired) electrons. The van der Waals surface area contributed by atoms with Crippen molar-refractivity contribution in [2.24, 2.45) is 0 Å². The number of hydrogen-bond donors (Lipinski definition) is 0. The van der Waals surface area contributed by atoms with Gasteiger partial charge >= 0.3 is 0 Å². The summed E-state index contributed by atoms with van der Waals surface area (Å²) in [6, 6.07) is 0. The van der Waals surface area contributed by atoms with E-state index in [9.17, 15) is 4.79 Å². The van der Waals surface area contributed by atoms with Crippen LogP contribution in [0.2, 0.25) is 0 Å². The van der Waals surface area contributed by atoms with Crippen LogP contribution in [0.3, 0.4) is 0 Å². The molecule has 0 heterocycles. The van der Waals surface area contributed by atoms with Crippen LogP contribution in [0.5, 0.6) is 0 Å². The minimum atomic E-state index is 0.00926. The van der Waals surface area contributed by atoms with Gasteiger partial charge in [0.25, 0.3) is 0 Å². The summed E-state index contributed by atoms with van der Waals surface area (Å²) in [5.41, 5.74) is 0.00926. The number of rotatable bonds is 0. The molecule has 0 aromatic carbocycles. The van der Waals surface area contributed by atoms with Gasteiger partial charge in [0.05, 0.1) is 0 Å². The number of amides is 1. The zero-order valence-electron chi connectivity index (χ0n) is 5.93. The average molecular weight is 135 g/mol. The smallest absolute Gasteiger partial charge is 0.236 e. The lowest BCUT2D eigenvalue weighted by Gasteiger charge is -2.02. The van der Waals surface area contributed by atoms with Crippen LogP contribution in [0.25, 0.3) is 0 Å². The van der Waals surface area contributed by atoms with Crippen LogP contribution in [0.1, 0.15) is 13.8 Å². The fraction of sp³-hybridized carbons (Fsp3) is 0.800. The molecule has 8 heavy (non-hydrogen) atoms. The van der Waals surface area contributed by atoms with E-state index in [1.165, 1.54) is 4.90 Å². The van der Waals surface area contributed by atoms with Gasteiger partial charge in [-0.25, -0.2) is 0 Å². The Labute approximate surface area is 53.5 Å². The molecule has 1 amide bonds. The summed E-state index contributed by atoms with van der Waals surface area (Å²) in [5.74, 6) is 0. The highest BCUT2D eigenvalue weighted by Gasteiger charge is 1.87. The molecule has 50 valence electrons. The lowest BCUT2D eigenvalue weighted by molar-refractivity contribution is 0.241. The summed E-state index contributed by atoms with van der Waals surface area (Å²) in [6.45, 7) is 4.00. The van der Waals surface area contributed by atoms with Gasteiger partial charge in [-0.2, -0.15) is 0 Å². The molecule has 0 aromatic rings. The van der Waals surface area contributed by atoms with Crippen LogP contribution < -0.4 is 0 Å². The number of carbonyl (C=O) groups excluding carboxylic acids is 1. The first-order chi connectivity index (χ1) is 3.64. The maximum Gasteiger partial charge on any atom is 0.236 e.